The molecule has 1 aliphatic carbocycles. The number of rotatable bonds is 6. The van der Waals surface area contributed by atoms with Crippen molar-refractivity contribution in [2.75, 3.05) is 0 Å². The van der Waals surface area contributed by atoms with Crippen LogP contribution in [0.3, 0.4) is 0 Å². The maximum absolute atomic E-state index is 6.12. The minimum absolute atomic E-state index is 0.130. The molecule has 2 heterocycles. The van der Waals surface area contributed by atoms with Gasteiger partial charge in [0.1, 0.15) is 11.2 Å². The lowest BCUT2D eigenvalue weighted by Gasteiger charge is -2.22. The molecule has 0 saturated heterocycles. The van der Waals surface area contributed by atoms with E-state index in [0.717, 1.165) is 77.7 Å². The summed E-state index contributed by atoms with van der Waals surface area (Å²) in [6, 6.07) is 78.5. The number of hydrogen-bond acceptors (Lipinski definition) is 3. The summed E-state index contributed by atoms with van der Waals surface area (Å²) in [4.78, 5) is 10.7. The van der Waals surface area contributed by atoms with Crippen molar-refractivity contribution in [1.29, 1.82) is 0 Å². The summed E-state index contributed by atoms with van der Waals surface area (Å²) >= 11 is 0. The van der Waals surface area contributed by atoms with E-state index < -0.39 is 0 Å². The van der Waals surface area contributed by atoms with Gasteiger partial charge >= 0.3 is 0 Å². The molecule has 12 aromatic rings. The van der Waals surface area contributed by atoms with Gasteiger partial charge in [-0.25, -0.2) is 9.97 Å². The van der Waals surface area contributed by atoms with E-state index in [1.807, 2.05) is 18.2 Å². The Balaban J connectivity index is 0.936. The number of nitrogens with zero attached hydrogens (tertiary/aromatic N) is 2. The predicted molar refractivity (Wildman–Crippen MR) is 275 cm³/mol. The van der Waals surface area contributed by atoms with E-state index in [0.29, 0.717) is 5.82 Å². The highest BCUT2D eigenvalue weighted by Gasteiger charge is 2.37. The van der Waals surface area contributed by atoms with Crippen LogP contribution >= 0.6 is 0 Å². The van der Waals surface area contributed by atoms with Crippen molar-refractivity contribution in [3.05, 3.63) is 230 Å². The molecule has 3 nitrogen and oxygen atoms in total. The van der Waals surface area contributed by atoms with E-state index >= 15 is 0 Å². The lowest BCUT2D eigenvalue weighted by Crippen LogP contribution is -2.14. The Kier molecular flexibility index (Phi) is 8.56. The molecule has 0 amide bonds. The summed E-state index contributed by atoms with van der Waals surface area (Å²) < 4.78 is 6.12. The third-order valence-corrected chi connectivity index (χ3v) is 13.9. The van der Waals surface area contributed by atoms with E-state index in [1.54, 1.807) is 0 Å². The molecule has 3 heteroatoms. The normalized spacial score (nSPS) is 12.8. The number of furan rings is 1. The minimum Gasteiger partial charge on any atom is -0.456 e. The van der Waals surface area contributed by atoms with Gasteiger partial charge in [0.25, 0.3) is 0 Å². The van der Waals surface area contributed by atoms with Crippen molar-refractivity contribution in [1.82, 2.24) is 9.97 Å². The number of hydrogen-bond donors (Lipinski definition) is 0. The Morgan fingerprint density at radius 1 is 0.333 bits per heavy atom. The first-order valence-corrected chi connectivity index (χ1v) is 22.7. The molecule has 0 radical (unpaired) electrons. The van der Waals surface area contributed by atoms with Crippen LogP contribution in [0.1, 0.15) is 25.0 Å². The summed E-state index contributed by atoms with van der Waals surface area (Å²) in [7, 11) is 0. The highest BCUT2D eigenvalue weighted by atomic mass is 16.3. The number of para-hydroxylation sites is 1. The van der Waals surface area contributed by atoms with Crippen LogP contribution in [0.5, 0.6) is 0 Å². The van der Waals surface area contributed by atoms with Crippen LogP contribution in [-0.2, 0) is 5.41 Å². The van der Waals surface area contributed by atoms with Crippen LogP contribution in [0.4, 0.5) is 0 Å². The van der Waals surface area contributed by atoms with Crippen LogP contribution in [-0.4, -0.2) is 9.97 Å². The molecule has 0 saturated carbocycles. The first-order valence-electron chi connectivity index (χ1n) is 22.7. The van der Waals surface area contributed by atoms with E-state index in [9.17, 15) is 0 Å². The molecule has 10 aromatic carbocycles. The lowest BCUT2D eigenvalue weighted by molar-refractivity contribution is 0.661. The van der Waals surface area contributed by atoms with Gasteiger partial charge < -0.3 is 4.42 Å². The minimum atomic E-state index is -0.130. The monoisotopic (exact) mass is 842 g/mol. The average molecular weight is 843 g/mol. The average Bonchev–Trinajstić information content (AvgIpc) is 3.86. The highest BCUT2D eigenvalue weighted by Crippen LogP contribution is 2.54. The molecule has 66 heavy (non-hydrogen) atoms. The Morgan fingerprint density at radius 3 is 1.73 bits per heavy atom. The van der Waals surface area contributed by atoms with Gasteiger partial charge in [0.15, 0.2) is 5.82 Å². The van der Waals surface area contributed by atoms with Crippen LogP contribution in [0, 0.1) is 0 Å². The molecule has 310 valence electrons. The number of benzene rings is 10. The van der Waals surface area contributed by atoms with E-state index in [-0.39, 0.29) is 5.41 Å². The fourth-order valence-corrected chi connectivity index (χ4v) is 10.6. The quantitative estimate of drug-likeness (QED) is 0.167. The molecule has 0 fully saturated rings. The van der Waals surface area contributed by atoms with Gasteiger partial charge in [0.05, 0.1) is 11.4 Å². The van der Waals surface area contributed by atoms with Gasteiger partial charge in [-0.15, -0.1) is 0 Å². The molecule has 0 spiro atoms. The van der Waals surface area contributed by atoms with E-state index in [1.165, 1.54) is 49.5 Å². The maximum Gasteiger partial charge on any atom is 0.160 e. The summed E-state index contributed by atoms with van der Waals surface area (Å²) in [6.45, 7) is 4.73. The zero-order chi connectivity index (χ0) is 43.9. The Morgan fingerprint density at radius 2 is 0.924 bits per heavy atom. The molecule has 0 atom stereocenters. The molecule has 0 aliphatic heterocycles. The molecular formula is C63H42N2O. The van der Waals surface area contributed by atoms with Crippen molar-refractivity contribution in [3.8, 4) is 78.4 Å². The van der Waals surface area contributed by atoms with Gasteiger partial charge in [0.2, 0.25) is 0 Å². The van der Waals surface area contributed by atoms with Crippen molar-refractivity contribution in [2.24, 2.45) is 0 Å². The first-order chi connectivity index (χ1) is 32.5. The van der Waals surface area contributed by atoms with Gasteiger partial charge in [-0.1, -0.05) is 196 Å². The SMILES string of the molecule is CC1(C)c2cc3ccccc3cc2-c2c(-c3ccc(-c4cc(-c5ccccc5-c5ccc(-c6ccc7oc8ccccc8c7c6)cc5)nc(-c5ccccc5)n4)c4ccccc34)cccc21. The smallest absolute Gasteiger partial charge is 0.160 e. The molecule has 13 rings (SSSR count). The van der Waals surface area contributed by atoms with Crippen molar-refractivity contribution in [3.63, 3.8) is 0 Å². The highest BCUT2D eigenvalue weighted by molar-refractivity contribution is 6.09. The van der Waals surface area contributed by atoms with Crippen LogP contribution in [0.15, 0.2) is 223 Å². The lowest BCUT2D eigenvalue weighted by atomic mass is 9.81. The fourth-order valence-electron chi connectivity index (χ4n) is 10.6. The van der Waals surface area contributed by atoms with Gasteiger partial charge in [0, 0.05) is 32.9 Å². The van der Waals surface area contributed by atoms with E-state index in [4.69, 9.17) is 14.4 Å². The number of aromatic nitrogens is 2. The summed E-state index contributed by atoms with van der Waals surface area (Å²) in [6.07, 6.45) is 0. The fraction of sp³-hybridized carbons (Fsp3) is 0.0476. The molecule has 1 aliphatic rings. The van der Waals surface area contributed by atoms with Crippen LogP contribution in [0.25, 0.3) is 122 Å². The Labute approximate surface area is 383 Å². The van der Waals surface area contributed by atoms with Gasteiger partial charge in [-0.3, -0.25) is 0 Å². The second-order valence-electron chi connectivity index (χ2n) is 18.1. The van der Waals surface area contributed by atoms with Gasteiger partial charge in [-0.05, 0) is 114 Å². The van der Waals surface area contributed by atoms with Crippen LogP contribution < -0.4 is 0 Å². The van der Waals surface area contributed by atoms with Crippen molar-refractivity contribution < 1.29 is 4.42 Å². The third kappa shape index (κ3) is 6.04. The van der Waals surface area contributed by atoms with Crippen molar-refractivity contribution in [2.45, 2.75) is 19.3 Å². The second-order valence-corrected chi connectivity index (χ2v) is 18.1. The van der Waals surface area contributed by atoms with E-state index in [2.05, 4.69) is 214 Å². The zero-order valence-electron chi connectivity index (χ0n) is 36.6. The summed E-state index contributed by atoms with van der Waals surface area (Å²) in [5, 5.41) is 7.14. The standard InChI is InChI=1S/C63H42N2O/c1-63(2)55-25-14-24-52(61(55)54-36-42-17-6-7-18-43(42)37-56(54)63)48-32-33-50(47-21-10-9-20-46(47)48)58-38-57(64-62(65-58)41-15-4-3-5-16-41)49-22-11-8-19-45(49)40-29-27-39(28-30-40)44-31-34-60-53(35-44)51-23-12-13-26-59(51)66-60/h3-38H,1-2H3. The second kappa shape index (κ2) is 14.8. The molecule has 2 aromatic heterocycles. The summed E-state index contributed by atoms with van der Waals surface area (Å²) in [5.74, 6) is 0.690. The zero-order valence-corrected chi connectivity index (χ0v) is 36.6. The molecular weight excluding hydrogens is 801 g/mol. The number of fused-ring (bicyclic) bond motifs is 8. The Bertz CT molecular complexity index is 3900. The predicted octanol–water partition coefficient (Wildman–Crippen LogP) is 17.0. The third-order valence-electron chi connectivity index (χ3n) is 13.9. The summed E-state index contributed by atoms with van der Waals surface area (Å²) in [5.41, 5.74) is 18.9. The van der Waals surface area contributed by atoms with Crippen LogP contribution in [0.2, 0.25) is 0 Å². The molecule has 0 bridgehead atoms. The topological polar surface area (TPSA) is 38.9 Å². The molecule has 0 unspecified atom stereocenters. The largest absolute Gasteiger partial charge is 0.456 e. The Hall–Kier alpha value is -8.40. The van der Waals surface area contributed by atoms with Gasteiger partial charge in [-0.2, -0.15) is 0 Å². The maximum atomic E-state index is 6.12. The first kappa shape index (κ1) is 38.1. The van der Waals surface area contributed by atoms with Crippen molar-refractivity contribution >= 4 is 43.5 Å². The molecule has 0 N–H and O–H groups in total.